The highest BCUT2D eigenvalue weighted by Crippen LogP contribution is 2.21. The van der Waals surface area contributed by atoms with Crippen molar-refractivity contribution in [3.8, 4) is 0 Å². The Labute approximate surface area is 115 Å². The summed E-state index contributed by atoms with van der Waals surface area (Å²) >= 11 is 0. The summed E-state index contributed by atoms with van der Waals surface area (Å²) < 4.78 is 5.30. The molecule has 2 heterocycles. The van der Waals surface area contributed by atoms with Gasteiger partial charge in [0, 0.05) is 37.9 Å². The summed E-state index contributed by atoms with van der Waals surface area (Å²) in [6, 6.07) is 1.12. The topological polar surface area (TPSA) is 67.6 Å². The monoisotopic (exact) mass is 269 g/mol. The van der Waals surface area contributed by atoms with Crippen LogP contribution in [0.3, 0.4) is 0 Å². The molecule has 0 aromatic carbocycles. The minimum Gasteiger partial charge on any atom is -0.381 e. The van der Waals surface area contributed by atoms with E-state index in [1.807, 2.05) is 0 Å². The van der Waals surface area contributed by atoms with Crippen molar-refractivity contribution >= 4 is 5.91 Å². The molecule has 2 aliphatic heterocycles. The molecule has 0 aromatic rings. The Morgan fingerprint density at radius 3 is 2.74 bits per heavy atom. The van der Waals surface area contributed by atoms with Crippen LogP contribution < -0.4 is 11.1 Å². The van der Waals surface area contributed by atoms with E-state index in [-0.39, 0.29) is 11.9 Å². The number of nitrogens with zero attached hydrogens (tertiary/aromatic N) is 1. The highest BCUT2D eigenvalue weighted by atomic mass is 16.5. The van der Waals surface area contributed by atoms with E-state index in [1.165, 1.54) is 12.8 Å². The van der Waals surface area contributed by atoms with Gasteiger partial charge in [-0.3, -0.25) is 9.69 Å². The number of amides is 1. The predicted octanol–water partition coefficient (Wildman–Crippen LogP) is 0.483. The van der Waals surface area contributed by atoms with E-state index in [1.54, 1.807) is 0 Å². The van der Waals surface area contributed by atoms with Crippen molar-refractivity contribution in [1.82, 2.24) is 10.2 Å². The SMILES string of the molecule is CC1CCCC(CN)N1CC(=O)NC1CCOCC1. The third-order valence-corrected chi connectivity index (χ3v) is 4.38. The molecule has 110 valence electrons. The van der Waals surface area contributed by atoms with Crippen molar-refractivity contribution in [2.24, 2.45) is 5.73 Å². The maximum absolute atomic E-state index is 12.2. The number of nitrogens with one attached hydrogen (secondary N) is 1. The molecule has 2 rings (SSSR count). The van der Waals surface area contributed by atoms with E-state index in [9.17, 15) is 4.79 Å². The Balaban J connectivity index is 1.82. The zero-order valence-corrected chi connectivity index (χ0v) is 11.9. The molecule has 0 saturated carbocycles. The van der Waals surface area contributed by atoms with Crippen molar-refractivity contribution in [3.05, 3.63) is 0 Å². The highest BCUT2D eigenvalue weighted by molar-refractivity contribution is 5.78. The summed E-state index contributed by atoms with van der Waals surface area (Å²) in [5.41, 5.74) is 5.83. The van der Waals surface area contributed by atoms with Crippen molar-refractivity contribution in [2.45, 2.75) is 57.2 Å². The van der Waals surface area contributed by atoms with Gasteiger partial charge in [0.05, 0.1) is 6.54 Å². The fourth-order valence-electron chi connectivity index (χ4n) is 3.16. The number of nitrogens with two attached hydrogens (primary N) is 1. The van der Waals surface area contributed by atoms with Crippen LogP contribution in [0.25, 0.3) is 0 Å². The van der Waals surface area contributed by atoms with Crippen LogP contribution in [0.15, 0.2) is 0 Å². The van der Waals surface area contributed by atoms with E-state index < -0.39 is 0 Å². The molecule has 2 fully saturated rings. The summed E-state index contributed by atoms with van der Waals surface area (Å²) in [6.07, 6.45) is 5.37. The number of rotatable bonds is 4. The molecule has 3 N–H and O–H groups in total. The molecule has 5 heteroatoms. The van der Waals surface area contributed by atoms with Crippen LogP contribution in [0.4, 0.5) is 0 Å². The van der Waals surface area contributed by atoms with Gasteiger partial charge in [0.1, 0.15) is 0 Å². The lowest BCUT2D eigenvalue weighted by Crippen LogP contribution is -2.53. The van der Waals surface area contributed by atoms with Gasteiger partial charge in [-0.1, -0.05) is 6.42 Å². The van der Waals surface area contributed by atoms with Crippen LogP contribution >= 0.6 is 0 Å². The van der Waals surface area contributed by atoms with Crippen LogP contribution in [0, 0.1) is 0 Å². The molecule has 2 saturated heterocycles. The largest absolute Gasteiger partial charge is 0.381 e. The molecule has 0 radical (unpaired) electrons. The maximum Gasteiger partial charge on any atom is 0.234 e. The van der Waals surface area contributed by atoms with Gasteiger partial charge in [0.15, 0.2) is 0 Å². The Morgan fingerprint density at radius 2 is 2.05 bits per heavy atom. The lowest BCUT2D eigenvalue weighted by molar-refractivity contribution is -0.125. The molecule has 0 spiro atoms. The molecule has 0 aromatic heterocycles. The van der Waals surface area contributed by atoms with Gasteiger partial charge in [-0.25, -0.2) is 0 Å². The quantitative estimate of drug-likeness (QED) is 0.779. The number of hydrogen-bond acceptors (Lipinski definition) is 4. The fourth-order valence-corrected chi connectivity index (χ4v) is 3.16. The summed E-state index contributed by atoms with van der Waals surface area (Å²) in [4.78, 5) is 14.4. The molecule has 1 amide bonds. The number of hydrogen-bond donors (Lipinski definition) is 2. The lowest BCUT2D eigenvalue weighted by Gasteiger charge is -2.40. The summed E-state index contributed by atoms with van der Waals surface area (Å²) in [5.74, 6) is 0.138. The molecule has 2 atom stereocenters. The number of carbonyl (C=O) groups is 1. The third kappa shape index (κ3) is 4.16. The first-order chi connectivity index (χ1) is 9.20. The molecular weight excluding hydrogens is 242 g/mol. The van der Waals surface area contributed by atoms with Crippen LogP contribution in [0.1, 0.15) is 39.0 Å². The Hall–Kier alpha value is -0.650. The van der Waals surface area contributed by atoms with Gasteiger partial charge in [-0.15, -0.1) is 0 Å². The normalized spacial score (nSPS) is 30.2. The van der Waals surface area contributed by atoms with Crippen molar-refractivity contribution in [3.63, 3.8) is 0 Å². The molecule has 0 bridgehead atoms. The number of carbonyl (C=O) groups excluding carboxylic acids is 1. The molecule has 2 unspecified atom stereocenters. The van der Waals surface area contributed by atoms with Gasteiger partial charge in [0.2, 0.25) is 5.91 Å². The van der Waals surface area contributed by atoms with Crippen molar-refractivity contribution in [2.75, 3.05) is 26.3 Å². The van der Waals surface area contributed by atoms with Crippen LogP contribution in [0.5, 0.6) is 0 Å². The standard InChI is InChI=1S/C14H27N3O2/c1-11-3-2-4-13(9-15)17(11)10-14(18)16-12-5-7-19-8-6-12/h11-13H,2-10,15H2,1H3,(H,16,18). The summed E-state index contributed by atoms with van der Waals surface area (Å²) in [7, 11) is 0. The molecule has 19 heavy (non-hydrogen) atoms. The van der Waals surface area contributed by atoms with E-state index in [2.05, 4.69) is 17.1 Å². The zero-order chi connectivity index (χ0) is 13.7. The number of ether oxygens (including phenoxy) is 1. The highest BCUT2D eigenvalue weighted by Gasteiger charge is 2.29. The van der Waals surface area contributed by atoms with Crippen LogP contribution in [-0.4, -0.2) is 55.2 Å². The van der Waals surface area contributed by atoms with E-state index in [0.717, 1.165) is 32.5 Å². The lowest BCUT2D eigenvalue weighted by atomic mass is 9.96. The second-order valence-corrected chi connectivity index (χ2v) is 5.80. The summed E-state index contributed by atoms with van der Waals surface area (Å²) in [6.45, 7) is 4.85. The first-order valence-corrected chi connectivity index (χ1v) is 7.53. The van der Waals surface area contributed by atoms with Crippen LogP contribution in [0.2, 0.25) is 0 Å². The van der Waals surface area contributed by atoms with Crippen molar-refractivity contribution in [1.29, 1.82) is 0 Å². The minimum absolute atomic E-state index is 0.138. The van der Waals surface area contributed by atoms with E-state index in [0.29, 0.717) is 25.2 Å². The third-order valence-electron chi connectivity index (χ3n) is 4.38. The summed E-state index contributed by atoms with van der Waals surface area (Å²) in [5, 5.41) is 3.13. The Kier molecular flexibility index (Phi) is 5.60. The van der Waals surface area contributed by atoms with Crippen molar-refractivity contribution < 1.29 is 9.53 Å². The second kappa shape index (κ2) is 7.22. The average molecular weight is 269 g/mol. The Morgan fingerprint density at radius 1 is 1.32 bits per heavy atom. The van der Waals surface area contributed by atoms with Gasteiger partial charge in [-0.05, 0) is 32.6 Å². The average Bonchev–Trinajstić information content (AvgIpc) is 2.42. The maximum atomic E-state index is 12.2. The second-order valence-electron chi connectivity index (χ2n) is 5.80. The molecular formula is C14H27N3O2. The zero-order valence-electron chi connectivity index (χ0n) is 11.9. The number of piperidine rings is 1. The molecule has 0 aliphatic carbocycles. The van der Waals surface area contributed by atoms with Gasteiger partial charge in [-0.2, -0.15) is 0 Å². The van der Waals surface area contributed by atoms with E-state index >= 15 is 0 Å². The first kappa shape index (κ1) is 14.8. The molecule has 2 aliphatic rings. The number of likely N-dealkylation sites (tertiary alicyclic amines) is 1. The smallest absolute Gasteiger partial charge is 0.234 e. The minimum atomic E-state index is 0.138. The Bertz CT molecular complexity index is 292. The van der Waals surface area contributed by atoms with Gasteiger partial charge < -0.3 is 15.8 Å². The van der Waals surface area contributed by atoms with Gasteiger partial charge in [0.25, 0.3) is 0 Å². The predicted molar refractivity (Wildman–Crippen MR) is 74.8 cm³/mol. The van der Waals surface area contributed by atoms with Gasteiger partial charge >= 0.3 is 0 Å². The molecule has 5 nitrogen and oxygen atoms in total. The van der Waals surface area contributed by atoms with E-state index in [4.69, 9.17) is 10.5 Å². The van der Waals surface area contributed by atoms with Crippen LogP contribution in [-0.2, 0) is 9.53 Å². The fraction of sp³-hybridized carbons (Fsp3) is 0.929. The first-order valence-electron chi connectivity index (χ1n) is 7.53.